The summed E-state index contributed by atoms with van der Waals surface area (Å²) in [7, 11) is 0. The summed E-state index contributed by atoms with van der Waals surface area (Å²) < 4.78 is 10.5. The second kappa shape index (κ2) is 4.31. The third-order valence-electron chi connectivity index (χ3n) is 2.14. The van der Waals surface area contributed by atoms with Gasteiger partial charge in [0, 0.05) is 12.2 Å². The number of hydrogen-bond acceptors (Lipinski definition) is 3. The third-order valence-corrected chi connectivity index (χ3v) is 2.14. The van der Waals surface area contributed by atoms with E-state index in [0.29, 0.717) is 12.4 Å². The molecule has 0 saturated heterocycles. The van der Waals surface area contributed by atoms with Crippen molar-refractivity contribution < 1.29 is 14.3 Å². The minimum atomic E-state index is -0.463. The fourth-order valence-electron chi connectivity index (χ4n) is 1.47. The molecule has 1 aromatic carbocycles. The van der Waals surface area contributed by atoms with Gasteiger partial charge in [-0.15, -0.1) is 0 Å². The normalized spacial score (nSPS) is 19.0. The molecule has 0 bridgehead atoms. The molecule has 1 aliphatic heterocycles. The first-order valence-electron chi connectivity index (χ1n) is 5.00. The predicted molar refractivity (Wildman–Crippen MR) is 54.6 cm³/mol. The maximum absolute atomic E-state index is 11.2. The third kappa shape index (κ3) is 2.10. The van der Waals surface area contributed by atoms with Crippen molar-refractivity contribution in [3.63, 3.8) is 0 Å². The Bertz CT molecular complexity index is 365. The van der Waals surface area contributed by atoms with Crippen LogP contribution in [0.1, 0.15) is 25.1 Å². The van der Waals surface area contributed by atoms with Gasteiger partial charge in [0.05, 0.1) is 0 Å². The van der Waals surface area contributed by atoms with Crippen molar-refractivity contribution in [2.75, 3.05) is 6.61 Å². The van der Waals surface area contributed by atoms with Crippen LogP contribution in [0, 0.1) is 0 Å². The molecule has 2 rings (SSSR count). The maximum Gasteiger partial charge on any atom is 0.414 e. The van der Waals surface area contributed by atoms with Crippen molar-refractivity contribution in [2.24, 2.45) is 0 Å². The number of benzene rings is 1. The van der Waals surface area contributed by atoms with Crippen molar-refractivity contribution in [3.8, 4) is 5.75 Å². The monoisotopic (exact) mass is 207 g/mol. The number of carbonyl (C=O) groups is 1. The summed E-state index contributed by atoms with van der Waals surface area (Å²) in [4.78, 5) is 11.2. The Morgan fingerprint density at radius 3 is 3.07 bits per heavy atom. The van der Waals surface area contributed by atoms with Crippen LogP contribution >= 0.6 is 0 Å². The molecule has 0 aromatic heterocycles. The summed E-state index contributed by atoms with van der Waals surface area (Å²) in [6, 6.07) is 7.36. The zero-order chi connectivity index (χ0) is 10.7. The van der Waals surface area contributed by atoms with Gasteiger partial charge >= 0.3 is 6.09 Å². The molecule has 1 aromatic rings. The Balaban J connectivity index is 2.22. The van der Waals surface area contributed by atoms with Crippen molar-refractivity contribution in [1.82, 2.24) is 5.32 Å². The van der Waals surface area contributed by atoms with Gasteiger partial charge in [-0.25, -0.2) is 4.79 Å². The van der Waals surface area contributed by atoms with Crippen molar-refractivity contribution >= 4 is 6.09 Å². The Hall–Kier alpha value is -1.55. The minimum Gasteiger partial charge on any atom is -0.410 e. The lowest BCUT2D eigenvalue weighted by Crippen LogP contribution is -2.37. The molecule has 0 aliphatic carbocycles. The SMILES string of the molecule is CCCOC1NC(=O)Oc2ccccc21. The van der Waals surface area contributed by atoms with E-state index in [4.69, 9.17) is 9.47 Å². The molecule has 0 radical (unpaired) electrons. The van der Waals surface area contributed by atoms with E-state index in [1.54, 1.807) is 6.07 Å². The first-order valence-corrected chi connectivity index (χ1v) is 5.00. The fourth-order valence-corrected chi connectivity index (χ4v) is 1.47. The largest absolute Gasteiger partial charge is 0.414 e. The van der Waals surface area contributed by atoms with E-state index in [9.17, 15) is 4.79 Å². The second-order valence-electron chi connectivity index (χ2n) is 3.32. The number of amides is 1. The van der Waals surface area contributed by atoms with Gasteiger partial charge in [-0.05, 0) is 12.5 Å². The van der Waals surface area contributed by atoms with E-state index in [-0.39, 0.29) is 6.23 Å². The van der Waals surface area contributed by atoms with Crippen LogP contribution in [0.25, 0.3) is 0 Å². The number of para-hydroxylation sites is 1. The van der Waals surface area contributed by atoms with Crippen LogP contribution < -0.4 is 10.1 Å². The van der Waals surface area contributed by atoms with Crippen LogP contribution in [-0.2, 0) is 4.74 Å². The summed E-state index contributed by atoms with van der Waals surface area (Å²) in [5, 5.41) is 2.62. The Labute approximate surface area is 88.2 Å². The van der Waals surface area contributed by atoms with E-state index in [1.165, 1.54) is 0 Å². The second-order valence-corrected chi connectivity index (χ2v) is 3.32. The molecule has 0 saturated carbocycles. The van der Waals surface area contributed by atoms with E-state index in [0.717, 1.165) is 12.0 Å². The van der Waals surface area contributed by atoms with Crippen LogP contribution in [0.4, 0.5) is 4.79 Å². The molecule has 1 amide bonds. The van der Waals surface area contributed by atoms with E-state index >= 15 is 0 Å². The highest BCUT2D eigenvalue weighted by Gasteiger charge is 2.25. The molecule has 1 N–H and O–H groups in total. The summed E-state index contributed by atoms with van der Waals surface area (Å²) in [5.74, 6) is 0.572. The molecule has 1 unspecified atom stereocenters. The van der Waals surface area contributed by atoms with Crippen LogP contribution in [-0.4, -0.2) is 12.7 Å². The van der Waals surface area contributed by atoms with Gasteiger partial charge in [-0.2, -0.15) is 0 Å². The van der Waals surface area contributed by atoms with Crippen molar-refractivity contribution in [2.45, 2.75) is 19.6 Å². The fraction of sp³-hybridized carbons (Fsp3) is 0.364. The molecule has 80 valence electrons. The molecular formula is C11H13NO3. The van der Waals surface area contributed by atoms with Crippen LogP contribution in [0.2, 0.25) is 0 Å². The standard InChI is InChI=1S/C11H13NO3/c1-2-7-14-10-8-5-3-4-6-9(8)15-11(13)12-10/h3-6,10H,2,7H2,1H3,(H,12,13). The number of hydrogen-bond donors (Lipinski definition) is 1. The van der Waals surface area contributed by atoms with Crippen LogP contribution in [0.3, 0.4) is 0 Å². The van der Waals surface area contributed by atoms with E-state index in [1.807, 2.05) is 25.1 Å². The summed E-state index contributed by atoms with van der Waals surface area (Å²) >= 11 is 0. The topological polar surface area (TPSA) is 47.6 Å². The molecule has 4 heteroatoms. The Morgan fingerprint density at radius 1 is 1.47 bits per heavy atom. The lowest BCUT2D eigenvalue weighted by atomic mass is 10.1. The summed E-state index contributed by atoms with van der Waals surface area (Å²) in [5.41, 5.74) is 0.866. The van der Waals surface area contributed by atoms with E-state index in [2.05, 4.69) is 5.32 Å². The molecule has 1 atom stereocenters. The van der Waals surface area contributed by atoms with Gasteiger partial charge in [0.25, 0.3) is 0 Å². The van der Waals surface area contributed by atoms with Gasteiger partial charge in [-0.3, -0.25) is 5.32 Å². The summed E-state index contributed by atoms with van der Waals surface area (Å²) in [6.45, 7) is 2.63. The smallest absolute Gasteiger partial charge is 0.410 e. The zero-order valence-electron chi connectivity index (χ0n) is 8.53. The highest BCUT2D eigenvalue weighted by molar-refractivity contribution is 5.73. The van der Waals surface area contributed by atoms with Crippen molar-refractivity contribution in [3.05, 3.63) is 29.8 Å². The molecular weight excluding hydrogens is 194 g/mol. The molecule has 15 heavy (non-hydrogen) atoms. The molecule has 0 fully saturated rings. The minimum absolute atomic E-state index is 0.387. The first kappa shape index (κ1) is 9.98. The average molecular weight is 207 g/mol. The Morgan fingerprint density at radius 2 is 2.27 bits per heavy atom. The van der Waals surface area contributed by atoms with Crippen LogP contribution in [0.5, 0.6) is 5.75 Å². The number of carbonyl (C=O) groups excluding carboxylic acids is 1. The number of fused-ring (bicyclic) bond motifs is 1. The van der Waals surface area contributed by atoms with Crippen LogP contribution in [0.15, 0.2) is 24.3 Å². The number of rotatable bonds is 3. The molecule has 1 aliphatic rings. The lowest BCUT2D eigenvalue weighted by Gasteiger charge is -2.25. The van der Waals surface area contributed by atoms with Gasteiger partial charge in [-0.1, -0.05) is 25.1 Å². The van der Waals surface area contributed by atoms with Gasteiger partial charge in [0.15, 0.2) is 6.23 Å². The average Bonchev–Trinajstić information content (AvgIpc) is 2.25. The molecule has 0 spiro atoms. The van der Waals surface area contributed by atoms with Gasteiger partial charge in [0.1, 0.15) is 5.75 Å². The predicted octanol–water partition coefficient (Wildman–Crippen LogP) is 2.21. The highest BCUT2D eigenvalue weighted by atomic mass is 16.6. The Kier molecular flexibility index (Phi) is 2.87. The number of ether oxygens (including phenoxy) is 2. The quantitative estimate of drug-likeness (QED) is 0.826. The van der Waals surface area contributed by atoms with Gasteiger partial charge < -0.3 is 9.47 Å². The molecule has 4 nitrogen and oxygen atoms in total. The zero-order valence-corrected chi connectivity index (χ0v) is 8.53. The summed E-state index contributed by atoms with van der Waals surface area (Å²) in [6.07, 6.45) is 0.0623. The highest BCUT2D eigenvalue weighted by Crippen LogP contribution is 2.29. The molecule has 1 heterocycles. The number of nitrogens with one attached hydrogen (secondary N) is 1. The maximum atomic E-state index is 11.2. The lowest BCUT2D eigenvalue weighted by molar-refractivity contribution is 0.0227. The van der Waals surface area contributed by atoms with E-state index < -0.39 is 6.09 Å². The van der Waals surface area contributed by atoms with Gasteiger partial charge in [0.2, 0.25) is 0 Å². The van der Waals surface area contributed by atoms with Crippen molar-refractivity contribution in [1.29, 1.82) is 0 Å². The first-order chi connectivity index (χ1) is 7.31.